The van der Waals surface area contributed by atoms with Crippen LogP contribution in [0.4, 0.5) is 4.79 Å². The van der Waals surface area contributed by atoms with Crippen molar-refractivity contribution in [2.24, 2.45) is 22.7 Å². The van der Waals surface area contributed by atoms with Gasteiger partial charge >= 0.3 is 23.9 Å². The Kier molecular flexibility index (Phi) is 15.2. The number of likely N-dealkylation sites (tertiary alicyclic amines) is 1. The standard InChI is InChI=1S/C51H66N4O16/c1-26(2)37(45(64)55-20-14-19-31(55)44(63)52-23-35(58)59)53-47(66)54-38(30-17-12-9-13-18-30)40(61)46(65)70-32-22-51(67)43(68-24-29-15-10-8-11-16-29)41-49(7,42(62)39(60)36(27(32)3)48(51,5)6)33(57)21-34-50(41,25-69-34)71-28(4)56/h8-13,15-18,26,31-34,37-41,43,57,60-61,67H,14,19-25H2,1-7H3,(H,52,63)(H,58,59)(H2,53,54,66)/t31-,32-,33-,34?,37-,38?,39+,40?,41?,43-,49+,50-,51+/m0/s1. The second-order valence-corrected chi connectivity index (χ2v) is 20.6. The second-order valence-electron chi connectivity index (χ2n) is 20.6. The van der Waals surface area contributed by atoms with Gasteiger partial charge in [-0.1, -0.05) is 88.4 Å². The van der Waals surface area contributed by atoms with Crippen molar-refractivity contribution in [3.63, 3.8) is 0 Å². The number of carboxylic acids is 1. The third-order valence-corrected chi connectivity index (χ3v) is 15.7. The van der Waals surface area contributed by atoms with Crippen LogP contribution in [-0.2, 0) is 54.3 Å². The molecule has 2 saturated heterocycles. The van der Waals surface area contributed by atoms with E-state index in [4.69, 9.17) is 24.1 Å². The summed E-state index contributed by atoms with van der Waals surface area (Å²) in [7, 11) is 0. The lowest BCUT2D eigenvalue weighted by atomic mass is 9.44. The Bertz CT molecular complexity index is 2420. The van der Waals surface area contributed by atoms with Crippen molar-refractivity contribution in [2.75, 3.05) is 19.7 Å². The zero-order valence-electron chi connectivity index (χ0n) is 41.0. The van der Waals surface area contributed by atoms with Crippen molar-refractivity contribution < 1.29 is 78.0 Å². The zero-order chi connectivity index (χ0) is 52.0. The number of Topliss-reactive ketones (excluding diaryl/α,β-unsaturated/α-hetero) is 1. The minimum atomic E-state index is -2.20. The number of carbonyl (C=O) groups is 7. The van der Waals surface area contributed by atoms with E-state index in [9.17, 15) is 49.2 Å². The summed E-state index contributed by atoms with van der Waals surface area (Å²) in [5, 5.41) is 66.5. The number of fused-ring (bicyclic) bond motifs is 5. The number of carboxylic acid groups (broad SMARTS) is 1. The zero-order valence-corrected chi connectivity index (χ0v) is 41.0. The van der Waals surface area contributed by atoms with E-state index >= 15 is 4.79 Å². The molecule has 4 unspecified atom stereocenters. The van der Waals surface area contributed by atoms with Gasteiger partial charge in [0.15, 0.2) is 17.5 Å². The van der Waals surface area contributed by atoms with E-state index in [-0.39, 0.29) is 49.3 Å². The van der Waals surface area contributed by atoms with E-state index in [0.29, 0.717) is 12.0 Å². The number of benzene rings is 2. The Morgan fingerprint density at radius 3 is 2.20 bits per heavy atom. The van der Waals surface area contributed by atoms with Gasteiger partial charge in [-0.2, -0.15) is 0 Å². The van der Waals surface area contributed by atoms with E-state index in [1.807, 2.05) is 0 Å². The smallest absolute Gasteiger partial charge is 0.338 e. The van der Waals surface area contributed by atoms with Crippen LogP contribution >= 0.6 is 0 Å². The summed E-state index contributed by atoms with van der Waals surface area (Å²) in [5.74, 6) is -7.25. The molecule has 4 fully saturated rings. The van der Waals surface area contributed by atoms with Crippen LogP contribution in [0.25, 0.3) is 0 Å². The molecule has 20 heteroatoms. The molecule has 5 aliphatic rings. The number of ketones is 1. The van der Waals surface area contributed by atoms with E-state index in [0.717, 1.165) is 0 Å². The lowest BCUT2D eigenvalue weighted by Crippen LogP contribution is -2.81. The molecule has 2 aromatic rings. The molecule has 0 radical (unpaired) electrons. The maximum Gasteiger partial charge on any atom is 0.338 e. The number of urea groups is 1. The van der Waals surface area contributed by atoms with Gasteiger partial charge in [0.2, 0.25) is 11.8 Å². The third kappa shape index (κ3) is 9.57. The van der Waals surface area contributed by atoms with Crippen LogP contribution in [0.2, 0.25) is 0 Å². The number of esters is 2. The van der Waals surface area contributed by atoms with Crippen LogP contribution in [0.5, 0.6) is 0 Å². The quantitative estimate of drug-likeness (QED) is 0.0929. The fourth-order valence-electron chi connectivity index (χ4n) is 11.8. The van der Waals surface area contributed by atoms with Gasteiger partial charge < -0.3 is 65.3 Å². The molecule has 2 aromatic carbocycles. The van der Waals surface area contributed by atoms with Gasteiger partial charge in [0, 0.05) is 37.6 Å². The highest BCUT2D eigenvalue weighted by Crippen LogP contribution is 2.64. The number of aliphatic carboxylic acids is 1. The van der Waals surface area contributed by atoms with Crippen molar-refractivity contribution in [2.45, 2.75) is 147 Å². The van der Waals surface area contributed by atoms with E-state index in [1.165, 1.54) is 37.8 Å². The molecule has 7 rings (SSSR count). The van der Waals surface area contributed by atoms with Crippen molar-refractivity contribution >= 4 is 41.5 Å². The van der Waals surface area contributed by atoms with Crippen molar-refractivity contribution in [3.05, 3.63) is 82.9 Å². The summed E-state index contributed by atoms with van der Waals surface area (Å²) in [6, 6.07) is 12.2. The lowest BCUT2D eigenvalue weighted by Gasteiger charge is -2.67. The highest BCUT2D eigenvalue weighted by atomic mass is 16.6. The van der Waals surface area contributed by atoms with Gasteiger partial charge in [0.1, 0.15) is 42.5 Å². The first kappa shape index (κ1) is 53.0. The average molecular weight is 991 g/mol. The third-order valence-electron chi connectivity index (χ3n) is 15.7. The fourth-order valence-corrected chi connectivity index (χ4v) is 11.8. The maximum atomic E-state index is 15.1. The van der Waals surface area contributed by atoms with Gasteiger partial charge in [-0.15, -0.1) is 0 Å². The molecule has 4 amide bonds. The number of ether oxygens (including phenoxy) is 4. The molecular weight excluding hydrogens is 925 g/mol. The van der Waals surface area contributed by atoms with Crippen LogP contribution in [0, 0.1) is 22.7 Å². The Hall–Kier alpha value is -5.77. The monoisotopic (exact) mass is 990 g/mol. The maximum absolute atomic E-state index is 15.1. The summed E-state index contributed by atoms with van der Waals surface area (Å²) in [5.41, 5.74) is -6.21. The summed E-state index contributed by atoms with van der Waals surface area (Å²) in [6.45, 7) is 9.92. The molecule has 20 nitrogen and oxygen atoms in total. The molecule has 2 heterocycles. The van der Waals surface area contributed by atoms with Gasteiger partial charge in [-0.05, 0) is 54.9 Å². The molecule has 2 saturated carbocycles. The number of nitrogens with zero attached hydrogens (tertiary/aromatic N) is 1. The number of nitrogens with one attached hydrogen (secondary N) is 3. The number of aliphatic hydroxyl groups is 4. The van der Waals surface area contributed by atoms with E-state index in [1.54, 1.807) is 76.2 Å². The van der Waals surface area contributed by atoms with Gasteiger partial charge in [-0.3, -0.25) is 24.0 Å². The molecule has 0 spiro atoms. The summed E-state index contributed by atoms with van der Waals surface area (Å²) in [4.78, 5) is 95.8. The summed E-state index contributed by atoms with van der Waals surface area (Å²) < 4.78 is 24.9. The van der Waals surface area contributed by atoms with Gasteiger partial charge in [0.25, 0.3) is 0 Å². The fraction of sp³-hybridized carbons (Fsp3) is 0.588. The minimum absolute atomic E-state index is 0.0154. The highest BCUT2D eigenvalue weighted by Gasteiger charge is 2.77. The number of aliphatic hydroxyl groups excluding tert-OH is 3. The first-order valence-corrected chi connectivity index (χ1v) is 24.0. The number of hydrogen-bond donors (Lipinski definition) is 8. The number of rotatable bonds is 15. The molecule has 386 valence electrons. The molecule has 71 heavy (non-hydrogen) atoms. The predicted octanol–water partition coefficient (Wildman–Crippen LogP) is 1.61. The highest BCUT2D eigenvalue weighted by molar-refractivity contribution is 5.94. The average Bonchev–Trinajstić information content (AvgIpc) is 3.82. The van der Waals surface area contributed by atoms with Gasteiger partial charge in [0.05, 0.1) is 36.9 Å². The number of carbonyl (C=O) groups excluding carboxylic acids is 6. The molecule has 13 atom stereocenters. The normalized spacial score (nSPS) is 32.1. The van der Waals surface area contributed by atoms with Crippen LogP contribution in [-0.4, -0.2) is 152 Å². The largest absolute Gasteiger partial charge is 0.480 e. The van der Waals surface area contributed by atoms with Crippen molar-refractivity contribution in [3.8, 4) is 0 Å². The lowest BCUT2D eigenvalue weighted by molar-refractivity contribution is -0.351. The molecule has 3 aliphatic carbocycles. The van der Waals surface area contributed by atoms with E-state index in [2.05, 4.69) is 16.0 Å². The van der Waals surface area contributed by atoms with Crippen LogP contribution < -0.4 is 16.0 Å². The summed E-state index contributed by atoms with van der Waals surface area (Å²) in [6.07, 6.45) is -9.37. The SMILES string of the molecule is CC(=O)O[C@@]12COC1C[C@H](O)[C@@]1(C)C(=O)[C@H](O)C3=C(C)[C@@H](OC(=O)C(O)C(NC(=O)N[C@H](C(=O)N4CCC[C@H]4C(=O)NCC(=O)O)C(C)C)c4ccccc4)C[C@@](O)([C@@H](OCc4ccccc4)C21)C3(C)C. The Labute approximate surface area is 411 Å². The van der Waals surface area contributed by atoms with Crippen molar-refractivity contribution in [1.82, 2.24) is 20.9 Å². The second kappa shape index (κ2) is 20.4. The Morgan fingerprint density at radius 2 is 1.61 bits per heavy atom. The number of amides is 4. The van der Waals surface area contributed by atoms with Crippen LogP contribution in [0.1, 0.15) is 91.3 Å². The molecule has 2 bridgehead atoms. The van der Waals surface area contributed by atoms with Crippen LogP contribution in [0.15, 0.2) is 71.8 Å². The molecule has 0 aromatic heterocycles. The molecule has 8 N–H and O–H groups in total. The Balaban J connectivity index is 1.21. The minimum Gasteiger partial charge on any atom is -0.480 e. The molecular formula is C51H66N4O16. The first-order valence-electron chi connectivity index (χ1n) is 24.0. The van der Waals surface area contributed by atoms with Crippen LogP contribution in [0.3, 0.4) is 0 Å². The predicted molar refractivity (Wildman–Crippen MR) is 249 cm³/mol. The molecule has 2 aliphatic heterocycles. The van der Waals surface area contributed by atoms with Crippen molar-refractivity contribution in [1.29, 1.82) is 0 Å². The van der Waals surface area contributed by atoms with E-state index < -0.39 is 143 Å². The van der Waals surface area contributed by atoms with Gasteiger partial charge in [-0.25, -0.2) is 9.59 Å². The number of hydrogen-bond acceptors (Lipinski definition) is 15. The topological polar surface area (TPSA) is 297 Å². The first-order chi connectivity index (χ1) is 33.4. The summed E-state index contributed by atoms with van der Waals surface area (Å²) >= 11 is 0. The Morgan fingerprint density at radius 1 is 0.958 bits per heavy atom.